The van der Waals surface area contributed by atoms with Crippen LogP contribution in [0.5, 0.6) is 0 Å². The van der Waals surface area contributed by atoms with Gasteiger partial charge in [0, 0.05) is 28.9 Å². The number of rotatable bonds is 3. The minimum atomic E-state index is -1.44. The maximum Gasteiger partial charge on any atom is 0.157 e. The number of ether oxygens (including phenoxy) is 1. The van der Waals surface area contributed by atoms with Gasteiger partial charge in [-0.2, -0.15) is 0 Å². The van der Waals surface area contributed by atoms with Gasteiger partial charge in [0.05, 0.1) is 17.6 Å². The molecule has 8 nitrogen and oxygen atoms in total. The molecule has 2 aromatic heterocycles. The molecule has 1 saturated heterocycles. The summed E-state index contributed by atoms with van der Waals surface area (Å²) in [5.74, 6) is 0. The van der Waals surface area contributed by atoms with E-state index in [1.54, 1.807) is 18.5 Å². The van der Waals surface area contributed by atoms with Crippen molar-refractivity contribution < 1.29 is 25.2 Å². The van der Waals surface area contributed by atoms with Crippen LogP contribution in [-0.4, -0.2) is 67.6 Å². The molecule has 1 fully saturated rings. The molecule has 0 spiro atoms. The van der Waals surface area contributed by atoms with Gasteiger partial charge in [0.15, 0.2) is 6.23 Å². The molecule has 1 aliphatic heterocycles. The maximum atomic E-state index is 10.3. The SMILES string of the molecule is OC[C@H]1O[C@@H](Nc2cc3cccnc3c3ncccc23)[C@@H](O)[C@@H](O)[C@@H]1O. The lowest BCUT2D eigenvalue weighted by Crippen LogP contribution is -2.60. The zero-order valence-electron chi connectivity index (χ0n) is 13.7. The van der Waals surface area contributed by atoms with Crippen molar-refractivity contribution in [3.05, 3.63) is 42.7 Å². The molecule has 5 N–H and O–H groups in total. The Morgan fingerprint density at radius 1 is 0.962 bits per heavy atom. The highest BCUT2D eigenvalue weighted by molar-refractivity contribution is 6.08. The van der Waals surface area contributed by atoms with Crippen LogP contribution in [0.15, 0.2) is 42.7 Å². The van der Waals surface area contributed by atoms with Crippen LogP contribution >= 0.6 is 0 Å². The predicted octanol–water partition coefficient (Wildman–Crippen LogP) is -0.00520. The topological polar surface area (TPSA) is 128 Å². The molecule has 1 aromatic carbocycles. The summed E-state index contributed by atoms with van der Waals surface area (Å²) < 4.78 is 5.54. The number of aromatic nitrogens is 2. The third-order valence-corrected chi connectivity index (χ3v) is 4.65. The summed E-state index contributed by atoms with van der Waals surface area (Å²) in [6.07, 6.45) is -2.82. The van der Waals surface area contributed by atoms with E-state index in [2.05, 4.69) is 15.3 Å². The minimum absolute atomic E-state index is 0.479. The van der Waals surface area contributed by atoms with Gasteiger partial charge in [0.1, 0.15) is 24.4 Å². The van der Waals surface area contributed by atoms with E-state index in [0.29, 0.717) is 11.2 Å². The van der Waals surface area contributed by atoms with Crippen molar-refractivity contribution in [1.29, 1.82) is 0 Å². The number of hydrogen-bond donors (Lipinski definition) is 5. The number of aliphatic hydroxyl groups excluding tert-OH is 4. The summed E-state index contributed by atoms with van der Waals surface area (Å²) in [5, 5.41) is 44.2. The number of aliphatic hydroxyl groups is 4. The van der Waals surface area contributed by atoms with Crippen LogP contribution in [0, 0.1) is 0 Å². The summed E-state index contributed by atoms with van der Waals surface area (Å²) in [6, 6.07) is 9.22. The molecule has 0 bridgehead atoms. The van der Waals surface area contributed by atoms with Gasteiger partial charge in [0.25, 0.3) is 0 Å². The van der Waals surface area contributed by atoms with Crippen molar-refractivity contribution in [2.45, 2.75) is 30.6 Å². The zero-order chi connectivity index (χ0) is 18.3. The average molecular weight is 357 g/mol. The van der Waals surface area contributed by atoms with Gasteiger partial charge >= 0.3 is 0 Å². The predicted molar refractivity (Wildman–Crippen MR) is 94.4 cm³/mol. The maximum absolute atomic E-state index is 10.3. The van der Waals surface area contributed by atoms with Crippen molar-refractivity contribution in [1.82, 2.24) is 9.97 Å². The van der Waals surface area contributed by atoms with E-state index in [4.69, 9.17) is 4.74 Å². The Morgan fingerprint density at radius 2 is 1.69 bits per heavy atom. The van der Waals surface area contributed by atoms with Crippen LogP contribution in [0.2, 0.25) is 0 Å². The molecular formula is C18H19N3O5. The molecule has 3 aromatic rings. The first-order valence-corrected chi connectivity index (χ1v) is 8.29. The molecule has 3 heterocycles. The van der Waals surface area contributed by atoms with E-state index in [0.717, 1.165) is 16.3 Å². The summed E-state index contributed by atoms with van der Waals surface area (Å²) >= 11 is 0. The largest absolute Gasteiger partial charge is 0.394 e. The Labute approximate surface area is 148 Å². The molecule has 136 valence electrons. The number of benzene rings is 1. The van der Waals surface area contributed by atoms with E-state index in [-0.39, 0.29) is 0 Å². The Kier molecular flexibility index (Phi) is 4.43. The van der Waals surface area contributed by atoms with E-state index >= 15 is 0 Å². The Morgan fingerprint density at radius 3 is 2.46 bits per heavy atom. The number of hydrogen-bond acceptors (Lipinski definition) is 8. The fourth-order valence-corrected chi connectivity index (χ4v) is 3.27. The van der Waals surface area contributed by atoms with Gasteiger partial charge in [-0.25, -0.2) is 0 Å². The molecule has 0 aliphatic carbocycles. The summed E-state index contributed by atoms with van der Waals surface area (Å²) in [6.45, 7) is -0.479. The smallest absolute Gasteiger partial charge is 0.157 e. The van der Waals surface area contributed by atoms with Crippen LogP contribution in [0.1, 0.15) is 0 Å². The van der Waals surface area contributed by atoms with Crippen molar-refractivity contribution in [3.8, 4) is 0 Å². The Bertz CT molecular complexity index is 935. The molecule has 1 aliphatic rings. The fraction of sp³-hybridized carbons (Fsp3) is 0.333. The van der Waals surface area contributed by atoms with Crippen LogP contribution in [-0.2, 0) is 4.74 Å². The van der Waals surface area contributed by atoms with Crippen LogP contribution < -0.4 is 5.32 Å². The second-order valence-corrected chi connectivity index (χ2v) is 6.29. The fourth-order valence-electron chi connectivity index (χ4n) is 3.27. The number of pyridine rings is 2. The molecular weight excluding hydrogens is 338 g/mol. The standard InChI is InChI=1S/C18H19N3O5/c22-8-12-15(23)16(24)17(25)18(26-12)21-11-7-9-3-1-5-19-13(9)14-10(11)4-2-6-20-14/h1-7,12,15-18,21-25H,8H2/t12-,15-,16+,17+,18-/m1/s1. The molecule has 26 heavy (non-hydrogen) atoms. The monoisotopic (exact) mass is 357 g/mol. The van der Waals surface area contributed by atoms with Gasteiger partial charge in [-0.1, -0.05) is 6.07 Å². The second kappa shape index (κ2) is 6.75. The second-order valence-electron chi connectivity index (χ2n) is 6.29. The third-order valence-electron chi connectivity index (χ3n) is 4.65. The first kappa shape index (κ1) is 17.1. The normalized spacial score (nSPS) is 29.2. The highest BCUT2D eigenvalue weighted by Crippen LogP contribution is 2.31. The quantitative estimate of drug-likeness (QED) is 0.414. The highest BCUT2D eigenvalue weighted by atomic mass is 16.6. The lowest BCUT2D eigenvalue weighted by Gasteiger charge is -2.40. The Hall–Kier alpha value is -2.36. The van der Waals surface area contributed by atoms with Crippen LogP contribution in [0.25, 0.3) is 21.8 Å². The zero-order valence-corrected chi connectivity index (χ0v) is 13.7. The average Bonchev–Trinajstić information content (AvgIpc) is 2.68. The van der Waals surface area contributed by atoms with Gasteiger partial charge in [-0.15, -0.1) is 0 Å². The van der Waals surface area contributed by atoms with Crippen LogP contribution in [0.3, 0.4) is 0 Å². The molecule has 4 rings (SSSR count). The van der Waals surface area contributed by atoms with Crippen LogP contribution in [0.4, 0.5) is 5.69 Å². The number of nitrogens with one attached hydrogen (secondary N) is 1. The van der Waals surface area contributed by atoms with E-state index in [1.807, 2.05) is 24.3 Å². The molecule has 0 saturated carbocycles. The summed E-state index contributed by atoms with van der Waals surface area (Å²) in [7, 11) is 0. The lowest BCUT2D eigenvalue weighted by atomic mass is 9.98. The highest BCUT2D eigenvalue weighted by Gasteiger charge is 2.43. The molecule has 0 amide bonds. The van der Waals surface area contributed by atoms with Crippen molar-refractivity contribution in [2.75, 3.05) is 11.9 Å². The minimum Gasteiger partial charge on any atom is -0.394 e. The number of fused-ring (bicyclic) bond motifs is 3. The van der Waals surface area contributed by atoms with E-state index < -0.39 is 37.3 Å². The van der Waals surface area contributed by atoms with Gasteiger partial charge in [-0.3, -0.25) is 9.97 Å². The lowest BCUT2D eigenvalue weighted by molar-refractivity contribution is -0.221. The molecule has 0 unspecified atom stereocenters. The molecule has 5 atom stereocenters. The van der Waals surface area contributed by atoms with Crippen molar-refractivity contribution in [2.24, 2.45) is 0 Å². The molecule has 8 heteroatoms. The Balaban J connectivity index is 1.76. The van der Waals surface area contributed by atoms with E-state index in [1.165, 1.54) is 0 Å². The number of anilines is 1. The van der Waals surface area contributed by atoms with Gasteiger partial charge in [0.2, 0.25) is 0 Å². The molecule has 0 radical (unpaired) electrons. The van der Waals surface area contributed by atoms with Crippen molar-refractivity contribution >= 4 is 27.5 Å². The summed E-state index contributed by atoms with van der Waals surface area (Å²) in [4.78, 5) is 8.79. The van der Waals surface area contributed by atoms with Gasteiger partial charge in [-0.05, 0) is 24.3 Å². The summed E-state index contributed by atoms with van der Waals surface area (Å²) in [5.41, 5.74) is 2.08. The van der Waals surface area contributed by atoms with Gasteiger partial charge < -0.3 is 30.5 Å². The van der Waals surface area contributed by atoms with E-state index in [9.17, 15) is 20.4 Å². The van der Waals surface area contributed by atoms with Crippen molar-refractivity contribution in [3.63, 3.8) is 0 Å². The first-order chi connectivity index (χ1) is 12.6. The number of nitrogens with zero attached hydrogens (tertiary/aromatic N) is 2. The first-order valence-electron chi connectivity index (χ1n) is 8.29. The third kappa shape index (κ3) is 2.77.